The Labute approximate surface area is 109 Å². The Balaban J connectivity index is 1.97. The van der Waals surface area contributed by atoms with Gasteiger partial charge >= 0.3 is 6.03 Å². The van der Waals surface area contributed by atoms with E-state index < -0.39 is 0 Å². The van der Waals surface area contributed by atoms with E-state index in [1.807, 2.05) is 0 Å². The number of amides is 2. The van der Waals surface area contributed by atoms with Crippen LogP contribution < -0.4 is 10.6 Å². The number of aliphatic hydroxyl groups excluding tert-OH is 1. The van der Waals surface area contributed by atoms with E-state index in [4.69, 9.17) is 4.74 Å². The first-order chi connectivity index (χ1) is 8.72. The average Bonchev–Trinajstić information content (AvgIpc) is 2.36. The minimum atomic E-state index is -0.174. The summed E-state index contributed by atoms with van der Waals surface area (Å²) in [6.07, 6.45) is 6.27. The Morgan fingerprint density at radius 1 is 1.22 bits per heavy atom. The van der Waals surface area contributed by atoms with E-state index in [1.54, 1.807) is 7.11 Å². The number of hydrogen-bond donors (Lipinski definition) is 3. The second kappa shape index (κ2) is 9.16. The summed E-state index contributed by atoms with van der Waals surface area (Å²) in [5, 5.41) is 15.2. The molecule has 18 heavy (non-hydrogen) atoms. The molecule has 3 N–H and O–H groups in total. The number of carbonyl (C=O) groups excluding carboxylic acids is 1. The van der Waals surface area contributed by atoms with Gasteiger partial charge in [0.2, 0.25) is 0 Å². The SMILES string of the molecule is COCCCCCNC(=O)NC1CCC(O)CC1. The van der Waals surface area contributed by atoms with Crippen molar-refractivity contribution in [3.63, 3.8) is 0 Å². The van der Waals surface area contributed by atoms with Crippen molar-refractivity contribution in [2.75, 3.05) is 20.3 Å². The third-order valence-electron chi connectivity index (χ3n) is 3.34. The first-order valence-corrected chi connectivity index (χ1v) is 6.93. The Morgan fingerprint density at radius 2 is 1.94 bits per heavy atom. The van der Waals surface area contributed by atoms with Gasteiger partial charge in [-0.15, -0.1) is 0 Å². The maximum Gasteiger partial charge on any atom is 0.315 e. The van der Waals surface area contributed by atoms with Gasteiger partial charge in [-0.3, -0.25) is 0 Å². The van der Waals surface area contributed by atoms with Crippen LogP contribution in [0.15, 0.2) is 0 Å². The van der Waals surface area contributed by atoms with Crippen LogP contribution in [0.2, 0.25) is 0 Å². The molecule has 0 radical (unpaired) electrons. The van der Waals surface area contributed by atoms with Gasteiger partial charge in [-0.25, -0.2) is 4.79 Å². The number of nitrogens with one attached hydrogen (secondary N) is 2. The van der Waals surface area contributed by atoms with E-state index in [1.165, 1.54) is 0 Å². The van der Waals surface area contributed by atoms with Crippen molar-refractivity contribution in [2.24, 2.45) is 0 Å². The van der Waals surface area contributed by atoms with Crippen molar-refractivity contribution in [1.29, 1.82) is 0 Å². The molecule has 5 heteroatoms. The van der Waals surface area contributed by atoms with Gasteiger partial charge in [0.1, 0.15) is 0 Å². The Bertz CT molecular complexity index is 228. The van der Waals surface area contributed by atoms with Gasteiger partial charge in [-0.2, -0.15) is 0 Å². The van der Waals surface area contributed by atoms with E-state index in [9.17, 15) is 9.90 Å². The zero-order valence-electron chi connectivity index (χ0n) is 11.3. The second-order valence-electron chi connectivity index (χ2n) is 4.96. The van der Waals surface area contributed by atoms with Gasteiger partial charge in [0, 0.05) is 26.3 Å². The fourth-order valence-electron chi connectivity index (χ4n) is 2.21. The van der Waals surface area contributed by atoms with E-state index in [-0.39, 0.29) is 18.2 Å². The number of hydrogen-bond acceptors (Lipinski definition) is 3. The lowest BCUT2D eigenvalue weighted by Gasteiger charge is -2.26. The van der Waals surface area contributed by atoms with Crippen LogP contribution >= 0.6 is 0 Å². The predicted molar refractivity (Wildman–Crippen MR) is 70.5 cm³/mol. The molecule has 0 aromatic rings. The van der Waals surface area contributed by atoms with Gasteiger partial charge in [0.15, 0.2) is 0 Å². The highest BCUT2D eigenvalue weighted by atomic mass is 16.5. The highest BCUT2D eigenvalue weighted by molar-refractivity contribution is 5.74. The molecule has 0 spiro atoms. The molecule has 1 aliphatic rings. The zero-order valence-corrected chi connectivity index (χ0v) is 11.3. The van der Waals surface area contributed by atoms with Gasteiger partial charge in [0.05, 0.1) is 6.10 Å². The summed E-state index contributed by atoms with van der Waals surface area (Å²) in [6.45, 7) is 1.50. The van der Waals surface area contributed by atoms with Crippen molar-refractivity contribution in [3.05, 3.63) is 0 Å². The largest absolute Gasteiger partial charge is 0.393 e. The molecule has 0 aromatic carbocycles. The van der Waals surface area contributed by atoms with Gasteiger partial charge in [-0.1, -0.05) is 0 Å². The van der Waals surface area contributed by atoms with E-state index in [2.05, 4.69) is 10.6 Å². The lowest BCUT2D eigenvalue weighted by Crippen LogP contribution is -2.44. The summed E-state index contributed by atoms with van der Waals surface area (Å²) in [7, 11) is 1.70. The summed E-state index contributed by atoms with van der Waals surface area (Å²) >= 11 is 0. The topological polar surface area (TPSA) is 70.6 Å². The van der Waals surface area contributed by atoms with E-state index >= 15 is 0 Å². The molecule has 5 nitrogen and oxygen atoms in total. The first-order valence-electron chi connectivity index (χ1n) is 6.93. The summed E-state index contributed by atoms with van der Waals surface area (Å²) < 4.78 is 4.96. The van der Waals surface area contributed by atoms with Crippen molar-refractivity contribution < 1.29 is 14.6 Å². The third-order valence-corrected chi connectivity index (χ3v) is 3.34. The molecule has 0 aliphatic heterocycles. The average molecular weight is 258 g/mol. The lowest BCUT2D eigenvalue weighted by atomic mass is 9.93. The number of carbonyl (C=O) groups is 1. The molecule has 0 unspecified atom stereocenters. The minimum Gasteiger partial charge on any atom is -0.393 e. The molecule has 0 bridgehead atoms. The van der Waals surface area contributed by atoms with Crippen LogP contribution in [0.1, 0.15) is 44.9 Å². The van der Waals surface area contributed by atoms with Crippen molar-refractivity contribution >= 4 is 6.03 Å². The fraction of sp³-hybridized carbons (Fsp3) is 0.923. The molecule has 1 rings (SSSR count). The molecule has 106 valence electrons. The zero-order chi connectivity index (χ0) is 13.2. The third kappa shape index (κ3) is 6.81. The molecule has 0 heterocycles. The number of unbranched alkanes of at least 4 members (excludes halogenated alkanes) is 2. The smallest absolute Gasteiger partial charge is 0.315 e. The Kier molecular flexibility index (Phi) is 7.76. The molecule has 0 saturated heterocycles. The number of rotatable bonds is 7. The van der Waals surface area contributed by atoms with Gasteiger partial charge < -0.3 is 20.5 Å². The maximum atomic E-state index is 11.6. The number of ether oxygens (including phenoxy) is 1. The van der Waals surface area contributed by atoms with Gasteiger partial charge in [-0.05, 0) is 44.9 Å². The van der Waals surface area contributed by atoms with Crippen LogP contribution in [0.5, 0.6) is 0 Å². The molecule has 0 aromatic heterocycles. The molecule has 0 atom stereocenters. The van der Waals surface area contributed by atoms with Crippen LogP contribution in [0, 0.1) is 0 Å². The molecular weight excluding hydrogens is 232 g/mol. The molecule has 1 saturated carbocycles. The van der Waals surface area contributed by atoms with E-state index in [0.717, 1.165) is 51.6 Å². The molecular formula is C13H26N2O3. The van der Waals surface area contributed by atoms with Gasteiger partial charge in [0.25, 0.3) is 0 Å². The summed E-state index contributed by atoms with van der Waals surface area (Å²) in [5.41, 5.74) is 0. The van der Waals surface area contributed by atoms with Crippen LogP contribution in [0.25, 0.3) is 0 Å². The number of aliphatic hydroxyl groups is 1. The minimum absolute atomic E-state index is 0.0804. The second-order valence-corrected chi connectivity index (χ2v) is 4.96. The van der Waals surface area contributed by atoms with Crippen LogP contribution in [0.4, 0.5) is 4.79 Å². The highest BCUT2D eigenvalue weighted by Crippen LogP contribution is 2.17. The van der Waals surface area contributed by atoms with Crippen LogP contribution in [0.3, 0.4) is 0 Å². The maximum absolute atomic E-state index is 11.6. The fourth-order valence-corrected chi connectivity index (χ4v) is 2.21. The van der Waals surface area contributed by atoms with E-state index in [0.29, 0.717) is 6.54 Å². The Morgan fingerprint density at radius 3 is 2.61 bits per heavy atom. The lowest BCUT2D eigenvalue weighted by molar-refractivity contribution is 0.117. The standard InChI is InChI=1S/C13H26N2O3/c1-18-10-4-2-3-9-14-13(17)15-11-5-7-12(16)8-6-11/h11-12,16H,2-10H2,1H3,(H2,14,15,17). The van der Waals surface area contributed by atoms with Crippen LogP contribution in [-0.4, -0.2) is 43.5 Å². The van der Waals surface area contributed by atoms with Crippen molar-refractivity contribution in [1.82, 2.24) is 10.6 Å². The predicted octanol–water partition coefficient (Wildman–Crippen LogP) is 1.41. The first kappa shape index (κ1) is 15.2. The summed E-state index contributed by atoms with van der Waals surface area (Å²) in [6, 6.07) is 0.144. The number of methoxy groups -OCH3 is 1. The Hall–Kier alpha value is -0.810. The normalized spacial score (nSPS) is 23.7. The highest BCUT2D eigenvalue weighted by Gasteiger charge is 2.20. The number of urea groups is 1. The quantitative estimate of drug-likeness (QED) is 0.605. The summed E-state index contributed by atoms with van der Waals surface area (Å²) in [4.78, 5) is 11.6. The molecule has 1 fully saturated rings. The van der Waals surface area contributed by atoms with Crippen molar-refractivity contribution in [3.8, 4) is 0 Å². The molecule has 2 amide bonds. The molecule has 1 aliphatic carbocycles. The van der Waals surface area contributed by atoms with Crippen molar-refractivity contribution in [2.45, 2.75) is 57.1 Å². The van der Waals surface area contributed by atoms with Crippen LogP contribution in [-0.2, 0) is 4.74 Å². The monoisotopic (exact) mass is 258 g/mol. The summed E-state index contributed by atoms with van der Waals surface area (Å²) in [5.74, 6) is 0.